The van der Waals surface area contributed by atoms with Gasteiger partial charge in [-0.15, -0.1) is 0 Å². The van der Waals surface area contributed by atoms with Crippen LogP contribution in [0, 0.1) is 5.92 Å². The SMILES string of the molecule is COC(=O)C1CCC(NC(=O)c2cc[nH]c2C2CC2)(C(=O)OC)CC1. The summed E-state index contributed by atoms with van der Waals surface area (Å²) >= 11 is 0. The molecule has 0 atom stereocenters. The van der Waals surface area contributed by atoms with Crippen LogP contribution in [0.25, 0.3) is 0 Å². The highest BCUT2D eigenvalue weighted by Gasteiger charge is 2.46. The molecule has 3 rings (SSSR count). The van der Waals surface area contributed by atoms with E-state index in [-0.39, 0.29) is 17.8 Å². The van der Waals surface area contributed by atoms with Crippen LogP contribution in [0.3, 0.4) is 0 Å². The molecule has 2 N–H and O–H groups in total. The van der Waals surface area contributed by atoms with E-state index < -0.39 is 11.5 Å². The third-order valence-corrected chi connectivity index (χ3v) is 5.31. The lowest BCUT2D eigenvalue weighted by Gasteiger charge is -2.37. The lowest BCUT2D eigenvalue weighted by atomic mass is 9.76. The first kappa shape index (κ1) is 17.5. The van der Waals surface area contributed by atoms with Gasteiger partial charge in [-0.25, -0.2) is 4.79 Å². The summed E-state index contributed by atoms with van der Waals surface area (Å²) in [6.07, 6.45) is 5.56. The third-order valence-electron chi connectivity index (χ3n) is 5.31. The van der Waals surface area contributed by atoms with Gasteiger partial charge in [0.25, 0.3) is 5.91 Å². The summed E-state index contributed by atoms with van der Waals surface area (Å²) in [6.45, 7) is 0. The summed E-state index contributed by atoms with van der Waals surface area (Å²) in [7, 11) is 2.67. The molecule has 2 fully saturated rings. The van der Waals surface area contributed by atoms with Crippen LogP contribution in [0.15, 0.2) is 12.3 Å². The molecule has 2 aliphatic carbocycles. The molecule has 7 heteroatoms. The number of esters is 2. The van der Waals surface area contributed by atoms with E-state index in [1.54, 1.807) is 12.3 Å². The Kier molecular flexibility index (Phi) is 4.83. The number of nitrogens with one attached hydrogen (secondary N) is 2. The standard InChI is InChI=1S/C18H24N2O5/c1-24-16(22)12-5-8-18(9-6-12,17(23)25-2)20-15(21)13-7-10-19-14(13)11-3-4-11/h7,10-12,19H,3-6,8-9H2,1-2H3,(H,20,21). The third kappa shape index (κ3) is 3.41. The van der Waals surface area contributed by atoms with Crippen LogP contribution in [-0.4, -0.2) is 42.6 Å². The van der Waals surface area contributed by atoms with E-state index in [0.29, 0.717) is 37.2 Å². The number of methoxy groups -OCH3 is 2. The molecule has 1 amide bonds. The summed E-state index contributed by atoms with van der Waals surface area (Å²) in [5, 5.41) is 2.90. The van der Waals surface area contributed by atoms with Crippen molar-refractivity contribution in [1.29, 1.82) is 0 Å². The quantitative estimate of drug-likeness (QED) is 0.792. The lowest BCUT2D eigenvalue weighted by molar-refractivity contribution is -0.154. The average molecular weight is 348 g/mol. The highest BCUT2D eigenvalue weighted by molar-refractivity contribution is 5.99. The first-order chi connectivity index (χ1) is 12.0. The smallest absolute Gasteiger partial charge is 0.331 e. The number of amides is 1. The zero-order valence-corrected chi connectivity index (χ0v) is 14.6. The van der Waals surface area contributed by atoms with Gasteiger partial charge >= 0.3 is 11.9 Å². The second-order valence-corrected chi connectivity index (χ2v) is 6.90. The predicted molar refractivity (Wildman–Crippen MR) is 89.0 cm³/mol. The minimum absolute atomic E-state index is 0.242. The van der Waals surface area contributed by atoms with Crippen molar-refractivity contribution in [1.82, 2.24) is 10.3 Å². The molecule has 1 heterocycles. The van der Waals surface area contributed by atoms with Crippen molar-refractivity contribution in [2.75, 3.05) is 14.2 Å². The van der Waals surface area contributed by atoms with Crippen LogP contribution in [0.4, 0.5) is 0 Å². The van der Waals surface area contributed by atoms with Crippen LogP contribution in [0.5, 0.6) is 0 Å². The number of hydrogen-bond donors (Lipinski definition) is 2. The normalized spacial score (nSPS) is 25.9. The number of ether oxygens (including phenoxy) is 2. The summed E-state index contributed by atoms with van der Waals surface area (Å²) in [5.41, 5.74) is 0.427. The van der Waals surface area contributed by atoms with Crippen molar-refractivity contribution < 1.29 is 23.9 Å². The predicted octanol–water partition coefficient (Wildman–Crippen LogP) is 1.90. The van der Waals surface area contributed by atoms with Crippen molar-refractivity contribution in [3.8, 4) is 0 Å². The van der Waals surface area contributed by atoms with Crippen molar-refractivity contribution in [2.45, 2.75) is 50.0 Å². The van der Waals surface area contributed by atoms with E-state index in [4.69, 9.17) is 9.47 Å². The highest BCUT2D eigenvalue weighted by atomic mass is 16.5. The number of H-pyrrole nitrogens is 1. The Balaban J connectivity index is 1.75. The largest absolute Gasteiger partial charge is 0.469 e. The van der Waals surface area contributed by atoms with E-state index in [1.807, 2.05) is 0 Å². The minimum atomic E-state index is -1.09. The van der Waals surface area contributed by atoms with Gasteiger partial charge < -0.3 is 19.8 Å². The van der Waals surface area contributed by atoms with Gasteiger partial charge in [0.15, 0.2) is 0 Å². The van der Waals surface area contributed by atoms with Crippen LogP contribution < -0.4 is 5.32 Å². The van der Waals surface area contributed by atoms with Gasteiger partial charge in [-0.3, -0.25) is 9.59 Å². The fourth-order valence-electron chi connectivity index (χ4n) is 3.66. The fourth-order valence-corrected chi connectivity index (χ4v) is 3.66. The molecule has 0 unspecified atom stereocenters. The maximum absolute atomic E-state index is 12.8. The van der Waals surface area contributed by atoms with E-state index >= 15 is 0 Å². The summed E-state index contributed by atoms with van der Waals surface area (Å²) in [4.78, 5) is 40.1. The number of rotatable bonds is 5. The molecule has 1 aromatic rings. The number of carbonyl (C=O) groups excluding carboxylic acids is 3. The van der Waals surface area contributed by atoms with E-state index in [0.717, 1.165) is 18.5 Å². The van der Waals surface area contributed by atoms with Crippen LogP contribution in [-0.2, 0) is 19.1 Å². The molecule has 0 aliphatic heterocycles. The zero-order chi connectivity index (χ0) is 18.0. The summed E-state index contributed by atoms with van der Waals surface area (Å²) < 4.78 is 9.73. The van der Waals surface area contributed by atoms with Gasteiger partial charge in [0.05, 0.1) is 25.7 Å². The maximum atomic E-state index is 12.8. The van der Waals surface area contributed by atoms with E-state index in [2.05, 4.69) is 10.3 Å². The molecule has 25 heavy (non-hydrogen) atoms. The molecule has 136 valence electrons. The molecular formula is C18H24N2O5. The van der Waals surface area contributed by atoms with Gasteiger partial charge in [0, 0.05) is 11.9 Å². The maximum Gasteiger partial charge on any atom is 0.331 e. The van der Waals surface area contributed by atoms with Crippen molar-refractivity contribution in [2.24, 2.45) is 5.92 Å². The molecule has 0 aromatic carbocycles. The molecule has 2 saturated carbocycles. The fraction of sp³-hybridized carbons (Fsp3) is 0.611. The Morgan fingerprint density at radius 1 is 1.12 bits per heavy atom. The molecular weight excluding hydrogens is 324 g/mol. The Morgan fingerprint density at radius 2 is 1.80 bits per heavy atom. The minimum Gasteiger partial charge on any atom is -0.469 e. The van der Waals surface area contributed by atoms with Gasteiger partial charge in [-0.05, 0) is 50.5 Å². The number of aromatic nitrogens is 1. The Bertz CT molecular complexity index is 669. The lowest BCUT2D eigenvalue weighted by Crippen LogP contribution is -2.57. The van der Waals surface area contributed by atoms with Crippen LogP contribution >= 0.6 is 0 Å². The Morgan fingerprint density at radius 3 is 2.36 bits per heavy atom. The molecule has 7 nitrogen and oxygen atoms in total. The molecule has 0 bridgehead atoms. The van der Waals surface area contributed by atoms with Crippen LogP contribution in [0.2, 0.25) is 0 Å². The first-order valence-corrected chi connectivity index (χ1v) is 8.67. The van der Waals surface area contributed by atoms with Gasteiger partial charge in [-0.1, -0.05) is 0 Å². The van der Waals surface area contributed by atoms with Gasteiger partial charge in [-0.2, -0.15) is 0 Å². The second-order valence-electron chi connectivity index (χ2n) is 6.90. The van der Waals surface area contributed by atoms with E-state index in [9.17, 15) is 14.4 Å². The average Bonchev–Trinajstić information content (AvgIpc) is 3.37. The van der Waals surface area contributed by atoms with Gasteiger partial charge in [0.2, 0.25) is 0 Å². The zero-order valence-electron chi connectivity index (χ0n) is 14.6. The van der Waals surface area contributed by atoms with Crippen molar-refractivity contribution in [3.63, 3.8) is 0 Å². The number of hydrogen-bond acceptors (Lipinski definition) is 5. The number of aromatic amines is 1. The van der Waals surface area contributed by atoms with Crippen molar-refractivity contribution in [3.05, 3.63) is 23.5 Å². The monoisotopic (exact) mass is 348 g/mol. The molecule has 0 radical (unpaired) electrons. The van der Waals surface area contributed by atoms with Gasteiger partial charge in [0.1, 0.15) is 5.54 Å². The first-order valence-electron chi connectivity index (χ1n) is 8.67. The Hall–Kier alpha value is -2.31. The Labute approximate surface area is 146 Å². The van der Waals surface area contributed by atoms with Crippen LogP contribution in [0.1, 0.15) is 60.5 Å². The molecule has 2 aliphatic rings. The molecule has 0 saturated heterocycles. The number of carbonyl (C=O) groups is 3. The van der Waals surface area contributed by atoms with Crippen molar-refractivity contribution >= 4 is 17.8 Å². The molecule has 0 spiro atoms. The van der Waals surface area contributed by atoms with E-state index in [1.165, 1.54) is 14.2 Å². The highest BCUT2D eigenvalue weighted by Crippen LogP contribution is 2.41. The summed E-state index contributed by atoms with van der Waals surface area (Å²) in [6, 6.07) is 1.74. The molecule has 1 aromatic heterocycles. The summed E-state index contributed by atoms with van der Waals surface area (Å²) in [5.74, 6) is -0.849. The second kappa shape index (κ2) is 6.90. The topological polar surface area (TPSA) is 97.5 Å².